The number of nitrogens with zero attached hydrogens (tertiary/aromatic N) is 5. The maximum atomic E-state index is 6.33. The lowest BCUT2D eigenvalue weighted by Crippen LogP contribution is -2.01. The minimum absolute atomic E-state index is 0.677. The summed E-state index contributed by atoms with van der Waals surface area (Å²) < 4.78 is 5.21. The quantitative estimate of drug-likeness (QED) is 0.348. The fourth-order valence-corrected chi connectivity index (χ4v) is 5.31. The highest BCUT2D eigenvalue weighted by atomic mass is 35.5. The van der Waals surface area contributed by atoms with E-state index in [1.807, 2.05) is 42.1 Å². The van der Waals surface area contributed by atoms with Crippen LogP contribution in [0.5, 0.6) is 0 Å². The van der Waals surface area contributed by atoms with Crippen LogP contribution in [0.25, 0.3) is 26.6 Å². The molecule has 0 bridgehead atoms. The van der Waals surface area contributed by atoms with Gasteiger partial charge in [0.15, 0.2) is 0 Å². The number of pyridine rings is 2. The van der Waals surface area contributed by atoms with Gasteiger partial charge in [-0.25, -0.2) is 9.97 Å². The summed E-state index contributed by atoms with van der Waals surface area (Å²) in [5.74, 6) is 0.831. The average Bonchev–Trinajstić information content (AvgIpc) is 3.47. The summed E-state index contributed by atoms with van der Waals surface area (Å²) in [6.45, 7) is 3.36. The number of rotatable bonds is 5. The Labute approximate surface area is 193 Å². The number of aryl methyl sites for hydroxylation is 1. The van der Waals surface area contributed by atoms with E-state index in [9.17, 15) is 0 Å². The van der Waals surface area contributed by atoms with E-state index < -0.39 is 0 Å². The van der Waals surface area contributed by atoms with Crippen molar-refractivity contribution in [2.75, 3.05) is 5.32 Å². The van der Waals surface area contributed by atoms with Gasteiger partial charge in [0.25, 0.3) is 0 Å². The van der Waals surface area contributed by atoms with Gasteiger partial charge in [0.1, 0.15) is 11.5 Å². The molecule has 6 nitrogen and oxygen atoms in total. The predicted octanol–water partition coefficient (Wildman–Crippen LogP) is 5.92. The van der Waals surface area contributed by atoms with Gasteiger partial charge >= 0.3 is 0 Å². The summed E-state index contributed by atoms with van der Waals surface area (Å²) in [6.07, 6.45) is 7.98. The van der Waals surface area contributed by atoms with Gasteiger partial charge in [0.05, 0.1) is 29.7 Å². The van der Waals surface area contributed by atoms with Crippen LogP contribution in [0.2, 0.25) is 5.02 Å². The van der Waals surface area contributed by atoms with Crippen LogP contribution in [0.1, 0.15) is 16.1 Å². The number of halogens is 1. The molecule has 1 aromatic carbocycles. The third-order valence-corrected chi connectivity index (χ3v) is 6.88. The number of nitrogens with one attached hydrogen (secondary N) is 1. The smallest absolute Gasteiger partial charge is 0.137 e. The number of benzene rings is 1. The van der Waals surface area contributed by atoms with Gasteiger partial charge < -0.3 is 9.72 Å². The molecule has 0 atom stereocenters. The fraction of sp³-hybridized carbons (Fsp3) is 0.125. The van der Waals surface area contributed by atoms with Gasteiger partial charge in [-0.1, -0.05) is 23.7 Å². The summed E-state index contributed by atoms with van der Waals surface area (Å²) in [7, 11) is 0. The van der Waals surface area contributed by atoms with Gasteiger partial charge in [-0.15, -0.1) is 11.3 Å². The highest BCUT2D eigenvalue weighted by molar-refractivity contribution is 7.19. The minimum Gasteiger partial charge on any atom is -0.365 e. The molecule has 6 aromatic rings. The molecule has 5 heterocycles. The summed E-state index contributed by atoms with van der Waals surface area (Å²) in [6, 6.07) is 14.2. The lowest BCUT2D eigenvalue weighted by Gasteiger charge is -2.04. The van der Waals surface area contributed by atoms with E-state index in [1.54, 1.807) is 17.5 Å². The molecule has 0 radical (unpaired) electrons. The lowest BCUT2D eigenvalue weighted by molar-refractivity contribution is 0.693. The SMILES string of the molecule is Cc1cn2cc(Cn3cc4c(NCc5cc6c(Cl)cccc6s5)nccc4n3)ccc2n1. The maximum absolute atomic E-state index is 6.33. The summed E-state index contributed by atoms with van der Waals surface area (Å²) in [5.41, 5.74) is 4.04. The predicted molar refractivity (Wildman–Crippen MR) is 131 cm³/mol. The van der Waals surface area contributed by atoms with Crippen molar-refractivity contribution in [1.29, 1.82) is 0 Å². The van der Waals surface area contributed by atoms with Crippen LogP contribution in [0.15, 0.2) is 67.3 Å². The Morgan fingerprint density at radius 1 is 1.06 bits per heavy atom. The number of hydrogen-bond donors (Lipinski definition) is 1. The highest BCUT2D eigenvalue weighted by Crippen LogP contribution is 2.31. The number of thiophene rings is 1. The second kappa shape index (κ2) is 7.62. The van der Waals surface area contributed by atoms with Gasteiger partial charge in [-0.2, -0.15) is 5.10 Å². The minimum atomic E-state index is 0.677. The summed E-state index contributed by atoms with van der Waals surface area (Å²) >= 11 is 8.07. The number of fused-ring (bicyclic) bond motifs is 3. The molecule has 0 amide bonds. The zero-order valence-electron chi connectivity index (χ0n) is 17.3. The molecule has 0 unspecified atom stereocenters. The summed E-state index contributed by atoms with van der Waals surface area (Å²) in [5, 5.41) is 11.1. The van der Waals surface area contributed by atoms with Crippen LogP contribution in [0.3, 0.4) is 0 Å². The Hall–Kier alpha value is -3.42. The van der Waals surface area contributed by atoms with Gasteiger partial charge in [-0.3, -0.25) is 4.68 Å². The Kier molecular flexibility index (Phi) is 4.59. The van der Waals surface area contributed by atoms with E-state index in [-0.39, 0.29) is 0 Å². The van der Waals surface area contributed by atoms with E-state index in [1.165, 1.54) is 9.58 Å². The normalized spacial score (nSPS) is 11.7. The first-order valence-electron chi connectivity index (χ1n) is 10.3. The Bertz CT molecular complexity index is 1590. The maximum Gasteiger partial charge on any atom is 0.137 e. The van der Waals surface area contributed by atoms with Gasteiger partial charge in [0.2, 0.25) is 0 Å². The van der Waals surface area contributed by atoms with Crippen molar-refractivity contribution >= 4 is 55.4 Å². The van der Waals surface area contributed by atoms with Crippen molar-refractivity contribution in [3.63, 3.8) is 0 Å². The van der Waals surface area contributed by atoms with E-state index in [0.29, 0.717) is 13.1 Å². The molecule has 1 N–H and O–H groups in total. The monoisotopic (exact) mass is 458 g/mol. The van der Waals surface area contributed by atoms with E-state index in [2.05, 4.69) is 50.3 Å². The third kappa shape index (κ3) is 3.49. The van der Waals surface area contributed by atoms with Crippen LogP contribution < -0.4 is 5.32 Å². The first kappa shape index (κ1) is 19.3. The lowest BCUT2D eigenvalue weighted by atomic mass is 10.2. The van der Waals surface area contributed by atoms with E-state index in [0.717, 1.165) is 44.0 Å². The van der Waals surface area contributed by atoms with E-state index >= 15 is 0 Å². The molecule has 0 saturated carbocycles. The largest absolute Gasteiger partial charge is 0.365 e. The zero-order valence-corrected chi connectivity index (χ0v) is 18.9. The van der Waals surface area contributed by atoms with Crippen molar-refractivity contribution in [3.8, 4) is 0 Å². The Morgan fingerprint density at radius 2 is 2.00 bits per heavy atom. The molecule has 0 aliphatic heterocycles. The fourth-order valence-electron chi connectivity index (χ4n) is 4.00. The van der Waals surface area contributed by atoms with Crippen LogP contribution in [0.4, 0.5) is 5.82 Å². The molecule has 5 aromatic heterocycles. The standard InChI is InChI=1S/C24H19ClN6S/c1-15-11-30-12-16(5-6-23(30)28-15)13-31-14-19-21(29-31)7-8-26-24(19)27-10-17-9-18-20(25)3-2-4-22(18)32-17/h2-9,11-12,14H,10,13H2,1H3,(H,26,27). The van der Waals surface area contributed by atoms with Gasteiger partial charge in [-0.05, 0) is 42.8 Å². The van der Waals surface area contributed by atoms with E-state index in [4.69, 9.17) is 16.7 Å². The number of anilines is 1. The van der Waals surface area contributed by atoms with Crippen molar-refractivity contribution in [1.82, 2.24) is 24.1 Å². The molecule has 0 spiro atoms. The molecule has 0 saturated heterocycles. The molecule has 8 heteroatoms. The number of imidazole rings is 1. The first-order valence-corrected chi connectivity index (χ1v) is 11.5. The number of hydrogen-bond acceptors (Lipinski definition) is 5. The number of aromatic nitrogens is 5. The molecular weight excluding hydrogens is 440 g/mol. The molecule has 32 heavy (non-hydrogen) atoms. The molecule has 0 aliphatic rings. The van der Waals surface area contributed by atoms with Crippen molar-refractivity contribution in [3.05, 3.63) is 88.4 Å². The van der Waals surface area contributed by atoms with Crippen molar-refractivity contribution in [2.24, 2.45) is 0 Å². The molecule has 6 rings (SSSR count). The second-order valence-corrected chi connectivity index (χ2v) is 9.40. The Morgan fingerprint density at radius 3 is 2.91 bits per heavy atom. The van der Waals surface area contributed by atoms with Crippen LogP contribution in [-0.2, 0) is 13.1 Å². The summed E-state index contributed by atoms with van der Waals surface area (Å²) in [4.78, 5) is 10.3. The molecule has 0 aliphatic carbocycles. The average molecular weight is 459 g/mol. The first-order chi connectivity index (χ1) is 15.6. The molecule has 158 valence electrons. The topological polar surface area (TPSA) is 60.0 Å². The second-order valence-electron chi connectivity index (χ2n) is 7.82. The Balaban J connectivity index is 1.25. The molecular formula is C24H19ClN6S. The van der Waals surface area contributed by atoms with Gasteiger partial charge in [0, 0.05) is 44.8 Å². The third-order valence-electron chi connectivity index (χ3n) is 5.45. The van der Waals surface area contributed by atoms with Crippen LogP contribution in [0, 0.1) is 6.92 Å². The van der Waals surface area contributed by atoms with Crippen LogP contribution in [-0.4, -0.2) is 24.1 Å². The zero-order chi connectivity index (χ0) is 21.7. The molecule has 0 fully saturated rings. The highest BCUT2D eigenvalue weighted by Gasteiger charge is 2.10. The van der Waals surface area contributed by atoms with Crippen molar-refractivity contribution < 1.29 is 0 Å². The van der Waals surface area contributed by atoms with Crippen LogP contribution >= 0.6 is 22.9 Å². The van der Waals surface area contributed by atoms with Crippen molar-refractivity contribution in [2.45, 2.75) is 20.0 Å².